The summed E-state index contributed by atoms with van der Waals surface area (Å²) in [5.74, 6) is 1.02. The van der Waals surface area contributed by atoms with E-state index in [1.54, 1.807) is 25.0 Å². The molecular formula is C14H23N3O2. The highest BCUT2D eigenvalue weighted by molar-refractivity contribution is 6.01. The molecule has 2 rings (SSSR count). The molecule has 1 aromatic rings. The second kappa shape index (κ2) is 5.33. The summed E-state index contributed by atoms with van der Waals surface area (Å²) in [6, 6.07) is 0. The van der Waals surface area contributed by atoms with E-state index in [2.05, 4.69) is 10.4 Å². The summed E-state index contributed by atoms with van der Waals surface area (Å²) in [5, 5.41) is 7.50. The number of rotatable bonds is 4. The SMILES string of the molecule is COc1cnn(C)c1C(=O)C(C)(C)C1CCCNC1. The summed E-state index contributed by atoms with van der Waals surface area (Å²) in [5.41, 5.74) is 0.159. The van der Waals surface area contributed by atoms with E-state index in [1.807, 2.05) is 13.8 Å². The number of piperidine rings is 1. The van der Waals surface area contributed by atoms with Crippen LogP contribution in [-0.4, -0.2) is 35.8 Å². The van der Waals surface area contributed by atoms with Crippen molar-refractivity contribution in [1.82, 2.24) is 15.1 Å². The fourth-order valence-electron chi connectivity index (χ4n) is 2.78. The van der Waals surface area contributed by atoms with Gasteiger partial charge in [0, 0.05) is 12.5 Å². The van der Waals surface area contributed by atoms with Gasteiger partial charge < -0.3 is 10.1 Å². The molecule has 0 radical (unpaired) electrons. The third-order valence-electron chi connectivity index (χ3n) is 4.24. The van der Waals surface area contributed by atoms with Crippen LogP contribution in [0.5, 0.6) is 5.75 Å². The number of nitrogens with one attached hydrogen (secondary N) is 1. The van der Waals surface area contributed by atoms with Gasteiger partial charge in [-0.3, -0.25) is 9.48 Å². The van der Waals surface area contributed by atoms with E-state index >= 15 is 0 Å². The first-order chi connectivity index (χ1) is 8.98. The number of aromatic nitrogens is 2. The van der Waals surface area contributed by atoms with Gasteiger partial charge in [-0.2, -0.15) is 5.10 Å². The van der Waals surface area contributed by atoms with Crippen LogP contribution in [0.25, 0.3) is 0 Å². The number of ketones is 1. The van der Waals surface area contributed by atoms with Crippen molar-refractivity contribution >= 4 is 5.78 Å². The Balaban J connectivity index is 2.28. The van der Waals surface area contributed by atoms with Gasteiger partial charge >= 0.3 is 0 Å². The minimum atomic E-state index is -0.408. The Bertz CT molecular complexity index is 459. The van der Waals surface area contributed by atoms with Crippen LogP contribution in [0.4, 0.5) is 0 Å². The Morgan fingerprint density at radius 2 is 2.32 bits per heavy atom. The molecule has 0 bridgehead atoms. The number of Topliss-reactive ketones (excluding diaryl/α,β-unsaturated/α-hetero) is 1. The predicted molar refractivity (Wildman–Crippen MR) is 73.5 cm³/mol. The molecule has 1 atom stereocenters. The van der Waals surface area contributed by atoms with Crippen LogP contribution in [0.3, 0.4) is 0 Å². The first-order valence-electron chi connectivity index (χ1n) is 6.80. The maximum absolute atomic E-state index is 12.9. The quantitative estimate of drug-likeness (QED) is 0.841. The minimum Gasteiger partial charge on any atom is -0.493 e. The highest BCUT2D eigenvalue weighted by Gasteiger charge is 2.40. The zero-order valence-corrected chi connectivity index (χ0v) is 12.2. The van der Waals surface area contributed by atoms with E-state index < -0.39 is 5.41 Å². The van der Waals surface area contributed by atoms with Gasteiger partial charge in [0.2, 0.25) is 0 Å². The molecule has 0 spiro atoms. The zero-order valence-electron chi connectivity index (χ0n) is 12.2. The van der Waals surface area contributed by atoms with Crippen molar-refractivity contribution in [2.45, 2.75) is 26.7 Å². The lowest BCUT2D eigenvalue weighted by Gasteiger charge is -2.36. The lowest BCUT2D eigenvalue weighted by Crippen LogP contribution is -2.43. The van der Waals surface area contributed by atoms with Crippen LogP contribution < -0.4 is 10.1 Å². The molecule has 19 heavy (non-hydrogen) atoms. The molecule has 0 amide bonds. The van der Waals surface area contributed by atoms with E-state index in [0.29, 0.717) is 17.4 Å². The summed E-state index contributed by atoms with van der Waals surface area (Å²) in [6.45, 7) is 6.01. The smallest absolute Gasteiger partial charge is 0.190 e. The highest BCUT2D eigenvalue weighted by atomic mass is 16.5. The number of carbonyl (C=O) groups is 1. The molecule has 1 N–H and O–H groups in total. The van der Waals surface area contributed by atoms with Crippen molar-refractivity contribution in [1.29, 1.82) is 0 Å². The summed E-state index contributed by atoms with van der Waals surface area (Å²) >= 11 is 0. The Hall–Kier alpha value is -1.36. The Morgan fingerprint density at radius 3 is 2.89 bits per heavy atom. The normalized spacial score (nSPS) is 20.3. The molecule has 1 fully saturated rings. The first-order valence-corrected chi connectivity index (χ1v) is 6.80. The molecule has 1 aliphatic rings. The molecule has 106 valence electrons. The van der Waals surface area contributed by atoms with Crippen LogP contribution in [0.15, 0.2) is 6.20 Å². The van der Waals surface area contributed by atoms with Gasteiger partial charge in [-0.05, 0) is 31.8 Å². The fourth-order valence-corrected chi connectivity index (χ4v) is 2.78. The fraction of sp³-hybridized carbons (Fsp3) is 0.714. The molecule has 5 heteroatoms. The van der Waals surface area contributed by atoms with Gasteiger partial charge in [0.15, 0.2) is 11.5 Å². The summed E-state index contributed by atoms with van der Waals surface area (Å²) in [6.07, 6.45) is 3.82. The van der Waals surface area contributed by atoms with E-state index in [4.69, 9.17) is 4.74 Å². The summed E-state index contributed by atoms with van der Waals surface area (Å²) < 4.78 is 6.86. The van der Waals surface area contributed by atoms with Crippen molar-refractivity contribution in [2.75, 3.05) is 20.2 Å². The van der Waals surface area contributed by atoms with Gasteiger partial charge in [-0.25, -0.2) is 0 Å². The lowest BCUT2D eigenvalue weighted by molar-refractivity contribution is 0.0694. The maximum Gasteiger partial charge on any atom is 0.190 e. The van der Waals surface area contributed by atoms with Crippen molar-refractivity contribution in [3.63, 3.8) is 0 Å². The Labute approximate surface area is 114 Å². The second-order valence-electron chi connectivity index (χ2n) is 5.78. The molecule has 2 heterocycles. The number of nitrogens with zero attached hydrogens (tertiary/aromatic N) is 2. The molecule has 0 aliphatic carbocycles. The standard InChI is InChI=1S/C14H23N3O2/c1-14(2,10-6-5-7-15-8-10)13(18)12-11(19-4)9-16-17(12)3/h9-10,15H,5-8H2,1-4H3. The average Bonchev–Trinajstić information content (AvgIpc) is 2.79. The number of carbonyl (C=O) groups excluding carboxylic acids is 1. The van der Waals surface area contributed by atoms with Gasteiger partial charge in [0.1, 0.15) is 5.69 Å². The minimum absolute atomic E-state index is 0.109. The number of methoxy groups -OCH3 is 1. The molecule has 0 aromatic carbocycles. The number of hydrogen-bond acceptors (Lipinski definition) is 4. The Morgan fingerprint density at radius 1 is 1.58 bits per heavy atom. The van der Waals surface area contributed by atoms with Gasteiger partial charge in [-0.15, -0.1) is 0 Å². The number of aryl methyl sites for hydroxylation is 1. The Kier molecular flexibility index (Phi) is 3.94. The van der Waals surface area contributed by atoms with Crippen LogP contribution in [0.1, 0.15) is 37.2 Å². The van der Waals surface area contributed by atoms with Crippen LogP contribution in [-0.2, 0) is 7.05 Å². The van der Waals surface area contributed by atoms with Crippen molar-refractivity contribution in [2.24, 2.45) is 18.4 Å². The van der Waals surface area contributed by atoms with E-state index in [1.165, 1.54) is 0 Å². The average molecular weight is 265 g/mol. The maximum atomic E-state index is 12.9. The molecule has 0 saturated carbocycles. The van der Waals surface area contributed by atoms with Gasteiger partial charge in [0.25, 0.3) is 0 Å². The molecular weight excluding hydrogens is 242 g/mol. The van der Waals surface area contributed by atoms with Gasteiger partial charge in [-0.1, -0.05) is 13.8 Å². The topological polar surface area (TPSA) is 56.2 Å². The molecule has 1 aromatic heterocycles. The summed E-state index contributed by atoms with van der Waals surface area (Å²) in [7, 11) is 3.36. The van der Waals surface area contributed by atoms with E-state index in [0.717, 1.165) is 25.9 Å². The van der Waals surface area contributed by atoms with Crippen molar-refractivity contribution < 1.29 is 9.53 Å². The molecule has 5 nitrogen and oxygen atoms in total. The molecule has 1 unspecified atom stereocenters. The van der Waals surface area contributed by atoms with Gasteiger partial charge in [0.05, 0.1) is 13.3 Å². The van der Waals surface area contributed by atoms with E-state index in [9.17, 15) is 4.79 Å². The van der Waals surface area contributed by atoms with Crippen molar-refractivity contribution in [3.8, 4) is 5.75 Å². The molecule has 1 aliphatic heterocycles. The van der Waals surface area contributed by atoms with Crippen LogP contribution in [0, 0.1) is 11.3 Å². The van der Waals surface area contributed by atoms with Crippen molar-refractivity contribution in [3.05, 3.63) is 11.9 Å². The van der Waals surface area contributed by atoms with Crippen LogP contribution >= 0.6 is 0 Å². The second-order valence-corrected chi connectivity index (χ2v) is 5.78. The first kappa shape index (κ1) is 14.1. The number of hydrogen-bond donors (Lipinski definition) is 1. The van der Waals surface area contributed by atoms with E-state index in [-0.39, 0.29) is 5.78 Å². The highest BCUT2D eigenvalue weighted by Crippen LogP contribution is 2.36. The van der Waals surface area contributed by atoms with Crippen LogP contribution in [0.2, 0.25) is 0 Å². The molecule has 1 saturated heterocycles. The largest absolute Gasteiger partial charge is 0.493 e. The number of ether oxygens (including phenoxy) is 1. The zero-order chi connectivity index (χ0) is 14.0. The monoisotopic (exact) mass is 265 g/mol. The third kappa shape index (κ3) is 2.52. The lowest BCUT2D eigenvalue weighted by atomic mass is 9.71. The predicted octanol–water partition coefficient (Wildman–Crippen LogP) is 1.64. The third-order valence-corrected chi connectivity index (χ3v) is 4.24. The summed E-state index contributed by atoms with van der Waals surface area (Å²) in [4.78, 5) is 12.9.